The number of rotatable bonds is 4. The summed E-state index contributed by atoms with van der Waals surface area (Å²) in [6, 6.07) is 7.05. The zero-order chi connectivity index (χ0) is 13.7. The lowest BCUT2D eigenvalue weighted by Crippen LogP contribution is -2.45. The van der Waals surface area contributed by atoms with Crippen LogP contribution in [0.3, 0.4) is 0 Å². The molecular weight excluding hydrogens is 242 g/mol. The van der Waals surface area contributed by atoms with E-state index in [1.165, 1.54) is 0 Å². The summed E-state index contributed by atoms with van der Waals surface area (Å²) in [4.78, 5) is 12.3. The van der Waals surface area contributed by atoms with Crippen LogP contribution in [0.25, 0.3) is 0 Å². The van der Waals surface area contributed by atoms with Crippen LogP contribution in [0.4, 0.5) is 0 Å². The number of benzene rings is 1. The summed E-state index contributed by atoms with van der Waals surface area (Å²) in [5.74, 6) is 0.419. The van der Waals surface area contributed by atoms with Crippen LogP contribution in [0, 0.1) is 0 Å². The third kappa shape index (κ3) is 3.47. The van der Waals surface area contributed by atoms with Crippen molar-refractivity contribution < 1.29 is 14.6 Å². The molecule has 0 bridgehead atoms. The normalized spacial score (nSPS) is 22.8. The Kier molecular flexibility index (Phi) is 4.80. The number of aliphatic hydroxyl groups is 1. The lowest BCUT2D eigenvalue weighted by molar-refractivity contribution is 0.0714. The predicted octanol–water partition coefficient (Wildman–Crippen LogP) is 2.12. The fourth-order valence-corrected chi connectivity index (χ4v) is 2.46. The first-order valence-corrected chi connectivity index (χ1v) is 6.93. The second-order valence-electron chi connectivity index (χ2n) is 4.86. The fraction of sp³-hybridized carbons (Fsp3) is 0.533. The van der Waals surface area contributed by atoms with E-state index in [0.29, 0.717) is 17.9 Å². The third-order valence-corrected chi connectivity index (χ3v) is 3.48. The van der Waals surface area contributed by atoms with Crippen LogP contribution < -0.4 is 10.1 Å². The molecule has 0 radical (unpaired) electrons. The first-order chi connectivity index (χ1) is 9.22. The van der Waals surface area contributed by atoms with Crippen molar-refractivity contribution in [1.29, 1.82) is 0 Å². The van der Waals surface area contributed by atoms with Gasteiger partial charge in [0.25, 0.3) is 5.91 Å². The number of carbonyl (C=O) groups is 1. The first-order valence-electron chi connectivity index (χ1n) is 6.93. The van der Waals surface area contributed by atoms with Gasteiger partial charge in [0.2, 0.25) is 0 Å². The summed E-state index contributed by atoms with van der Waals surface area (Å²) in [7, 11) is 0. The summed E-state index contributed by atoms with van der Waals surface area (Å²) < 4.78 is 5.45. The van der Waals surface area contributed by atoms with Gasteiger partial charge in [-0.1, -0.05) is 25.0 Å². The highest BCUT2D eigenvalue weighted by atomic mass is 16.5. The molecule has 0 aliphatic heterocycles. The van der Waals surface area contributed by atoms with Crippen LogP contribution in [0.1, 0.15) is 43.0 Å². The molecule has 0 spiro atoms. The highest BCUT2D eigenvalue weighted by Crippen LogP contribution is 2.21. The van der Waals surface area contributed by atoms with Crippen molar-refractivity contribution in [2.45, 2.75) is 44.8 Å². The lowest BCUT2D eigenvalue weighted by Gasteiger charge is -2.28. The Labute approximate surface area is 113 Å². The van der Waals surface area contributed by atoms with Gasteiger partial charge in [-0.25, -0.2) is 0 Å². The van der Waals surface area contributed by atoms with Crippen molar-refractivity contribution in [2.24, 2.45) is 0 Å². The monoisotopic (exact) mass is 263 g/mol. The SMILES string of the molecule is CCOc1ccccc1C(=O)N[C@H]1CCCC[C@@H]1O. The molecule has 1 aliphatic carbocycles. The van der Waals surface area contributed by atoms with Crippen molar-refractivity contribution in [1.82, 2.24) is 5.32 Å². The van der Waals surface area contributed by atoms with Crippen molar-refractivity contribution in [3.05, 3.63) is 29.8 Å². The third-order valence-electron chi connectivity index (χ3n) is 3.48. The summed E-state index contributed by atoms with van der Waals surface area (Å²) in [5, 5.41) is 12.8. The molecule has 4 heteroatoms. The maximum absolute atomic E-state index is 12.3. The van der Waals surface area contributed by atoms with E-state index in [4.69, 9.17) is 4.74 Å². The number of carbonyl (C=O) groups excluding carboxylic acids is 1. The number of ether oxygens (including phenoxy) is 1. The average molecular weight is 263 g/mol. The zero-order valence-corrected chi connectivity index (χ0v) is 11.3. The molecule has 2 atom stereocenters. The van der Waals surface area contributed by atoms with Crippen LogP contribution in [0.15, 0.2) is 24.3 Å². The van der Waals surface area contributed by atoms with Crippen molar-refractivity contribution >= 4 is 5.91 Å². The zero-order valence-electron chi connectivity index (χ0n) is 11.3. The summed E-state index contributed by atoms with van der Waals surface area (Å²) in [6.07, 6.45) is 3.25. The van der Waals surface area contributed by atoms with Gasteiger partial charge in [0, 0.05) is 0 Å². The smallest absolute Gasteiger partial charge is 0.255 e. The molecule has 1 saturated carbocycles. The van der Waals surface area contributed by atoms with Gasteiger partial charge in [0.15, 0.2) is 0 Å². The Bertz CT molecular complexity index is 433. The molecule has 0 aromatic heterocycles. The van der Waals surface area contributed by atoms with Crippen LogP contribution >= 0.6 is 0 Å². The van der Waals surface area contributed by atoms with Crippen LogP contribution in [-0.2, 0) is 0 Å². The number of para-hydroxylation sites is 1. The van der Waals surface area contributed by atoms with Crippen LogP contribution in [-0.4, -0.2) is 29.8 Å². The van der Waals surface area contributed by atoms with E-state index >= 15 is 0 Å². The highest BCUT2D eigenvalue weighted by molar-refractivity contribution is 5.97. The molecule has 1 aliphatic rings. The van der Waals surface area contributed by atoms with E-state index in [1.54, 1.807) is 12.1 Å². The number of nitrogens with one attached hydrogen (secondary N) is 1. The summed E-state index contributed by atoms with van der Waals surface area (Å²) >= 11 is 0. The topological polar surface area (TPSA) is 58.6 Å². The lowest BCUT2D eigenvalue weighted by atomic mass is 9.92. The van der Waals surface area contributed by atoms with Gasteiger partial charge < -0.3 is 15.2 Å². The Balaban J connectivity index is 2.06. The molecule has 19 heavy (non-hydrogen) atoms. The minimum absolute atomic E-state index is 0.143. The van der Waals surface area contributed by atoms with Crippen molar-refractivity contribution in [2.75, 3.05) is 6.61 Å². The molecule has 2 rings (SSSR count). The molecule has 0 unspecified atom stereocenters. The molecule has 2 N–H and O–H groups in total. The molecule has 0 heterocycles. The molecule has 4 nitrogen and oxygen atoms in total. The Morgan fingerprint density at radius 2 is 2.11 bits per heavy atom. The van der Waals surface area contributed by atoms with Crippen molar-refractivity contribution in [3.8, 4) is 5.75 Å². The Morgan fingerprint density at radius 1 is 1.37 bits per heavy atom. The van der Waals surface area contributed by atoms with Gasteiger partial charge >= 0.3 is 0 Å². The minimum atomic E-state index is -0.433. The number of amides is 1. The second-order valence-corrected chi connectivity index (χ2v) is 4.86. The first kappa shape index (κ1) is 13.9. The van der Waals surface area contributed by atoms with Gasteiger partial charge in [-0.15, -0.1) is 0 Å². The number of hydrogen-bond donors (Lipinski definition) is 2. The van der Waals surface area contributed by atoms with E-state index in [1.807, 2.05) is 19.1 Å². The summed E-state index contributed by atoms with van der Waals surface area (Å²) in [6.45, 7) is 2.41. The van der Waals surface area contributed by atoms with E-state index < -0.39 is 6.10 Å². The predicted molar refractivity (Wildman–Crippen MR) is 73.3 cm³/mol. The summed E-state index contributed by atoms with van der Waals surface area (Å²) in [5.41, 5.74) is 0.530. The molecule has 1 fully saturated rings. The maximum atomic E-state index is 12.3. The quantitative estimate of drug-likeness (QED) is 0.874. The number of aliphatic hydroxyl groups excluding tert-OH is 1. The van der Waals surface area contributed by atoms with E-state index in [9.17, 15) is 9.90 Å². The molecule has 104 valence electrons. The standard InChI is InChI=1S/C15H21NO3/c1-2-19-14-10-6-3-7-11(14)15(18)16-12-8-4-5-9-13(12)17/h3,6-7,10,12-13,17H,2,4-5,8-9H2,1H3,(H,16,18)/t12-,13-/m0/s1. The number of hydrogen-bond acceptors (Lipinski definition) is 3. The van der Waals surface area contributed by atoms with Crippen LogP contribution in [0.5, 0.6) is 5.75 Å². The molecule has 1 aromatic rings. The fourth-order valence-electron chi connectivity index (χ4n) is 2.46. The van der Waals surface area contributed by atoms with Crippen LogP contribution in [0.2, 0.25) is 0 Å². The second kappa shape index (κ2) is 6.57. The van der Waals surface area contributed by atoms with Gasteiger partial charge in [0.1, 0.15) is 5.75 Å². The molecule has 1 amide bonds. The molecule has 1 aromatic carbocycles. The van der Waals surface area contributed by atoms with E-state index in [0.717, 1.165) is 25.7 Å². The van der Waals surface area contributed by atoms with Gasteiger partial charge in [-0.05, 0) is 31.9 Å². The van der Waals surface area contributed by atoms with E-state index in [2.05, 4.69) is 5.32 Å². The van der Waals surface area contributed by atoms with Gasteiger partial charge in [0.05, 0.1) is 24.3 Å². The highest BCUT2D eigenvalue weighted by Gasteiger charge is 2.25. The van der Waals surface area contributed by atoms with Gasteiger partial charge in [-0.3, -0.25) is 4.79 Å². The Hall–Kier alpha value is -1.55. The largest absolute Gasteiger partial charge is 0.493 e. The average Bonchev–Trinajstić information content (AvgIpc) is 2.42. The molecular formula is C15H21NO3. The van der Waals surface area contributed by atoms with E-state index in [-0.39, 0.29) is 11.9 Å². The van der Waals surface area contributed by atoms with Crippen molar-refractivity contribution in [3.63, 3.8) is 0 Å². The maximum Gasteiger partial charge on any atom is 0.255 e. The molecule has 0 saturated heterocycles. The van der Waals surface area contributed by atoms with Gasteiger partial charge in [-0.2, -0.15) is 0 Å². The minimum Gasteiger partial charge on any atom is -0.493 e. The Morgan fingerprint density at radius 3 is 2.84 bits per heavy atom.